The highest BCUT2D eigenvalue weighted by molar-refractivity contribution is 5.82. The number of aliphatic hydroxyl groups is 10. The Balaban J connectivity index is 1.90. The minimum atomic E-state index is -2.44. The van der Waals surface area contributed by atoms with Crippen LogP contribution in [0, 0.1) is 17.8 Å². The molecule has 0 spiro atoms. The summed E-state index contributed by atoms with van der Waals surface area (Å²) in [6.07, 6.45) is -0.549. The number of carboxylic acid groups (broad SMARTS) is 1. The highest BCUT2D eigenvalue weighted by Crippen LogP contribution is 2.38. The van der Waals surface area contributed by atoms with Gasteiger partial charge in [-0.05, 0) is 79.6 Å². The first-order valence-electron chi connectivity index (χ1n) is 27.0. The second-order valence-electron chi connectivity index (χ2n) is 22.0. The molecule has 444 valence electrons. The summed E-state index contributed by atoms with van der Waals surface area (Å²) in [6, 6.07) is -2.68. The van der Waals surface area contributed by atoms with E-state index in [2.05, 4.69) is 5.32 Å². The van der Waals surface area contributed by atoms with Gasteiger partial charge in [-0.15, -0.1) is 0 Å². The van der Waals surface area contributed by atoms with E-state index in [0.717, 1.165) is 6.42 Å². The zero-order valence-electron chi connectivity index (χ0n) is 46.1. The van der Waals surface area contributed by atoms with Gasteiger partial charge in [-0.1, -0.05) is 86.8 Å². The molecule has 0 saturated carbocycles. The molecule has 3 aliphatic heterocycles. The fourth-order valence-electron chi connectivity index (χ4n) is 9.32. The van der Waals surface area contributed by atoms with Crippen molar-refractivity contribution in [3.8, 4) is 0 Å². The molecular weight excluding hydrogens is 1020 g/mol. The average Bonchev–Trinajstić information content (AvgIpc) is 3.34. The van der Waals surface area contributed by atoms with E-state index in [9.17, 15) is 75.3 Å². The number of hydrogen-bond acceptors (Lipinski definition) is 20. The summed E-state index contributed by atoms with van der Waals surface area (Å²) in [4.78, 5) is 51.0. The summed E-state index contributed by atoms with van der Waals surface area (Å²) >= 11 is 0. The minimum absolute atomic E-state index is 0.122. The molecule has 0 radical (unpaired) electrons. The highest BCUT2D eigenvalue weighted by Gasteiger charge is 2.51. The first kappa shape index (κ1) is 68.0. The Hall–Kier alpha value is -4.24. The number of nitrogens with two attached hydrogens (primary N) is 1. The Labute approximate surface area is 457 Å². The Morgan fingerprint density at radius 2 is 1.33 bits per heavy atom. The van der Waals surface area contributed by atoms with E-state index in [4.69, 9.17) is 29.4 Å². The quantitative estimate of drug-likeness (QED) is 0.153. The van der Waals surface area contributed by atoms with Crippen LogP contribution in [-0.4, -0.2) is 189 Å². The van der Waals surface area contributed by atoms with Gasteiger partial charge in [0.2, 0.25) is 5.91 Å². The number of aliphatic carboxylic acids is 1. The second kappa shape index (κ2) is 32.9. The van der Waals surface area contributed by atoms with E-state index in [1.54, 1.807) is 58.9 Å². The van der Waals surface area contributed by atoms with Gasteiger partial charge in [0.1, 0.15) is 29.8 Å². The van der Waals surface area contributed by atoms with Crippen molar-refractivity contribution in [2.75, 3.05) is 0 Å². The summed E-state index contributed by atoms with van der Waals surface area (Å²) in [6.45, 7) is 11.7. The summed E-state index contributed by atoms with van der Waals surface area (Å²) in [7, 11) is 0. The number of aliphatic hydroxyl groups excluding tert-OH is 9. The van der Waals surface area contributed by atoms with Crippen molar-refractivity contribution < 1.29 is 99.0 Å². The molecule has 0 aromatic carbocycles. The van der Waals surface area contributed by atoms with Crippen molar-refractivity contribution in [1.82, 2.24) is 5.32 Å². The number of allylic oxidation sites excluding steroid dienone is 10. The molecule has 3 heterocycles. The average molecular weight is 1110 g/mol. The molecule has 20 atom stereocenters. The van der Waals surface area contributed by atoms with E-state index in [1.807, 2.05) is 43.4 Å². The zero-order valence-corrected chi connectivity index (χ0v) is 46.1. The maximum absolute atomic E-state index is 13.3. The topological polar surface area (TPSA) is 375 Å². The Bertz CT molecular complexity index is 2040. The van der Waals surface area contributed by atoms with Gasteiger partial charge in [0.05, 0.1) is 79.5 Å². The number of nitrogens with one attached hydrogen (secondary N) is 1. The lowest BCUT2D eigenvalue weighted by atomic mass is 9.82. The molecule has 0 unspecified atom stereocenters. The molecule has 2 fully saturated rings. The van der Waals surface area contributed by atoms with Crippen LogP contribution >= 0.6 is 0 Å². The Kier molecular flexibility index (Phi) is 28.7. The molecule has 1 amide bonds. The Morgan fingerprint density at radius 3 is 1.97 bits per heavy atom. The third-order valence-corrected chi connectivity index (χ3v) is 13.9. The van der Waals surface area contributed by atoms with Gasteiger partial charge >= 0.3 is 17.9 Å². The lowest BCUT2D eigenvalue weighted by Gasteiger charge is -2.45. The third kappa shape index (κ3) is 23.8. The lowest BCUT2D eigenvalue weighted by molar-refractivity contribution is -0.310. The number of esters is 2. The van der Waals surface area contributed by atoms with Crippen LogP contribution in [-0.2, 0) is 42.9 Å². The van der Waals surface area contributed by atoms with Crippen molar-refractivity contribution in [1.29, 1.82) is 0 Å². The molecule has 22 nitrogen and oxygen atoms in total. The number of hydrogen-bond donors (Lipinski definition) is 13. The van der Waals surface area contributed by atoms with Crippen LogP contribution in [0.3, 0.4) is 0 Å². The van der Waals surface area contributed by atoms with Crippen molar-refractivity contribution >= 4 is 23.8 Å². The monoisotopic (exact) mass is 1110 g/mol. The maximum Gasteiger partial charge on any atom is 0.311 e. The van der Waals surface area contributed by atoms with Crippen molar-refractivity contribution in [3.63, 3.8) is 0 Å². The minimum Gasteiger partial charge on any atom is -0.481 e. The van der Waals surface area contributed by atoms with Gasteiger partial charge in [-0.25, -0.2) is 0 Å². The predicted octanol–water partition coefficient (Wildman–Crippen LogP) is 1.54. The molecule has 3 rings (SSSR count). The fourth-order valence-corrected chi connectivity index (χ4v) is 9.32. The molecule has 2 bridgehead atoms. The van der Waals surface area contributed by atoms with Crippen molar-refractivity contribution in [3.05, 3.63) is 72.9 Å². The molecule has 2 saturated heterocycles. The molecule has 0 aliphatic carbocycles. The van der Waals surface area contributed by atoms with E-state index in [0.29, 0.717) is 6.42 Å². The number of rotatable bonds is 8. The van der Waals surface area contributed by atoms with Gasteiger partial charge in [0.25, 0.3) is 0 Å². The molecule has 0 aromatic heterocycles. The van der Waals surface area contributed by atoms with Gasteiger partial charge in [0, 0.05) is 37.5 Å². The number of fused-ring (bicyclic) bond motifs is 2. The predicted molar refractivity (Wildman–Crippen MR) is 284 cm³/mol. The molecule has 22 heteroatoms. The highest BCUT2D eigenvalue weighted by atomic mass is 16.7. The number of ether oxygens (including phenoxy) is 5. The van der Waals surface area contributed by atoms with Crippen LogP contribution < -0.4 is 11.1 Å². The first-order chi connectivity index (χ1) is 36.5. The van der Waals surface area contributed by atoms with Gasteiger partial charge in [-0.3, -0.25) is 19.2 Å². The van der Waals surface area contributed by atoms with Gasteiger partial charge in [0.15, 0.2) is 12.1 Å². The van der Waals surface area contributed by atoms with E-state index < -0.39 is 170 Å². The largest absolute Gasteiger partial charge is 0.481 e. The molecular formula is C56H90N2O20. The summed E-state index contributed by atoms with van der Waals surface area (Å²) in [5.74, 6) is -8.53. The summed E-state index contributed by atoms with van der Waals surface area (Å²) < 4.78 is 28.9. The van der Waals surface area contributed by atoms with Gasteiger partial charge in [-0.2, -0.15) is 0 Å². The Morgan fingerprint density at radius 1 is 0.744 bits per heavy atom. The van der Waals surface area contributed by atoms with Crippen LogP contribution in [0.1, 0.15) is 126 Å². The summed E-state index contributed by atoms with van der Waals surface area (Å²) in [5, 5.41) is 123. The lowest BCUT2D eigenvalue weighted by Crippen LogP contribution is -2.65. The fraction of sp³-hybridized carbons (Fsp3) is 0.714. The van der Waals surface area contributed by atoms with Crippen LogP contribution in [0.5, 0.6) is 0 Å². The second-order valence-corrected chi connectivity index (χ2v) is 22.0. The molecule has 14 N–H and O–H groups in total. The number of carbonyl (C=O) groups is 4. The van der Waals surface area contributed by atoms with Crippen LogP contribution in [0.4, 0.5) is 0 Å². The normalized spacial score (nSPS) is 40.2. The molecule has 78 heavy (non-hydrogen) atoms. The van der Waals surface area contributed by atoms with Crippen molar-refractivity contribution in [2.45, 2.75) is 235 Å². The maximum atomic E-state index is 13.3. The number of amides is 1. The molecule has 3 aliphatic rings. The van der Waals surface area contributed by atoms with E-state index in [1.165, 1.54) is 19.1 Å². The van der Waals surface area contributed by atoms with E-state index >= 15 is 0 Å². The van der Waals surface area contributed by atoms with Crippen molar-refractivity contribution in [2.24, 2.45) is 23.5 Å². The number of carbonyl (C=O) groups excluding carboxylic acids is 3. The first-order valence-corrected chi connectivity index (χ1v) is 27.0. The van der Waals surface area contributed by atoms with Gasteiger partial charge < -0.3 is 90.9 Å². The number of cyclic esters (lactones) is 1. The van der Waals surface area contributed by atoms with Crippen LogP contribution in [0.2, 0.25) is 0 Å². The standard InChI is InChI=1S/C56H90N2O20/c1-32-20-18-16-14-12-10-8-9-11-13-15-17-19-21-39(76-54-51(69)48(50(68)35(4)75-54)58-52(70)40(57)23-25-45(65)78-55(5,6)7)29-44-47(53(71)72)43(64)31-56(73,77-44)30-42(63)41(62)24-22-36(59)26-37(60)27-38(61)28-46(66)74-34(3)33(2)49(32)67/h8-9,11,13-21,32-44,47-51,54,59-64,67-69,73H,10,12,22-31,57H2,1-7H3,(H,58,70)(H,71,72)/b9-8+,13-11+,16-14+,17-15+,20-18+,21-19+/t32-,33-,34-,35+,36+,37+,38+,39-,40+,41+,42+,43-,44-,47+,48-,49+,50+,51-,54-,56+/m0/s1. The van der Waals surface area contributed by atoms with E-state index in [-0.39, 0.29) is 44.4 Å². The third-order valence-electron chi connectivity index (χ3n) is 13.9. The van der Waals surface area contributed by atoms with Crippen LogP contribution in [0.15, 0.2) is 72.9 Å². The summed E-state index contributed by atoms with van der Waals surface area (Å²) in [5.41, 5.74) is 5.32. The van der Waals surface area contributed by atoms with Crippen LogP contribution in [0.25, 0.3) is 0 Å². The zero-order chi connectivity index (χ0) is 58.5. The molecule has 0 aromatic rings. The number of carboxylic acids is 1. The SMILES string of the molecule is C[C@@H]1[C@H](O)[C@@H](C)/C=C/C=C/CC/C=C/C=C/C=C/C=C/[C@H](O[C@@H]2O[C@H](C)[C@@H](O)[C@H](NC(=O)[C@H](N)CCC(=O)OC(C)(C)C)[C@@H]2O)C[C@@H]2O[C@](O)(C[C@@H](O)[C@H](O)CC[C@@H](O)C[C@@H](O)C[C@@H](O)CC(=O)O[C@H]1C)C[C@H](O)[C@H]2C(=O)O. The smallest absolute Gasteiger partial charge is 0.311 e.